The smallest absolute Gasteiger partial charge is 0.115 e. The second-order valence-electron chi connectivity index (χ2n) is 4.13. The molecular formula is C15H17NO3S. The lowest BCUT2D eigenvalue weighted by Crippen LogP contribution is -2.47. The van der Waals surface area contributed by atoms with E-state index in [1.54, 1.807) is 36.4 Å². The molecule has 2 rings (SSSR count). The Hall–Kier alpha value is -1.98. The van der Waals surface area contributed by atoms with Gasteiger partial charge in [0.25, 0.3) is 0 Å². The van der Waals surface area contributed by atoms with Crippen LogP contribution in [0.2, 0.25) is 0 Å². The average Bonchev–Trinajstić information content (AvgIpc) is 2.43. The fourth-order valence-electron chi connectivity index (χ4n) is 1.44. The molecule has 0 aromatic heterocycles. The number of rotatable bonds is 3. The largest absolute Gasteiger partial charge is 0.550 e. The van der Waals surface area contributed by atoms with E-state index in [2.05, 4.69) is 18.4 Å². The van der Waals surface area contributed by atoms with Gasteiger partial charge in [0, 0.05) is 22.8 Å². The van der Waals surface area contributed by atoms with Crippen molar-refractivity contribution >= 4 is 18.6 Å². The summed E-state index contributed by atoms with van der Waals surface area (Å²) < 4.78 is 0. The normalized spacial score (nSPS) is 9.50. The zero-order chi connectivity index (χ0) is 15.0. The van der Waals surface area contributed by atoms with Crippen molar-refractivity contribution in [3.05, 3.63) is 59.7 Å². The molecule has 106 valence electrons. The van der Waals surface area contributed by atoms with Crippen LogP contribution in [0.3, 0.4) is 0 Å². The molecule has 0 amide bonds. The number of aliphatic carboxylic acids is 1. The molecule has 2 aromatic rings. The number of phenols is 1. The van der Waals surface area contributed by atoms with Crippen LogP contribution in [0.15, 0.2) is 53.4 Å². The van der Waals surface area contributed by atoms with Crippen LogP contribution in [0, 0.1) is 0 Å². The molecule has 20 heavy (non-hydrogen) atoms. The minimum absolute atomic E-state index is 0.0337. The van der Waals surface area contributed by atoms with Crippen molar-refractivity contribution in [2.45, 2.75) is 17.9 Å². The number of benzene rings is 2. The van der Waals surface area contributed by atoms with Crippen LogP contribution in [0.5, 0.6) is 5.75 Å². The molecule has 0 spiro atoms. The number of carboxylic acids is 1. The number of carbonyl (C=O) groups excluding carboxylic acids is 1. The third-order valence-electron chi connectivity index (χ3n) is 2.51. The molecule has 4 N–H and O–H groups in total. The Morgan fingerprint density at radius 2 is 1.55 bits per heavy atom. The van der Waals surface area contributed by atoms with Gasteiger partial charge in [0.1, 0.15) is 5.75 Å². The van der Waals surface area contributed by atoms with Gasteiger partial charge in [-0.3, -0.25) is 0 Å². The van der Waals surface area contributed by atoms with E-state index >= 15 is 0 Å². The molecule has 4 nitrogen and oxygen atoms in total. The van der Waals surface area contributed by atoms with Crippen molar-refractivity contribution in [2.24, 2.45) is 0 Å². The quantitative estimate of drug-likeness (QED) is 0.715. The number of thiol groups is 1. The van der Waals surface area contributed by atoms with Gasteiger partial charge in [0.15, 0.2) is 0 Å². The summed E-state index contributed by atoms with van der Waals surface area (Å²) in [6.45, 7) is 0.778. The number of hydrogen-bond donors (Lipinski definition) is 3. The van der Waals surface area contributed by atoms with E-state index in [0.29, 0.717) is 5.75 Å². The summed E-state index contributed by atoms with van der Waals surface area (Å²) in [6.07, 6.45) is -0.0337. The Morgan fingerprint density at radius 1 is 1.05 bits per heavy atom. The van der Waals surface area contributed by atoms with Crippen LogP contribution in [0.1, 0.15) is 11.1 Å². The van der Waals surface area contributed by atoms with E-state index in [0.717, 1.165) is 22.6 Å². The number of carbonyl (C=O) groups is 1. The van der Waals surface area contributed by atoms with Gasteiger partial charge in [0.2, 0.25) is 0 Å². The minimum Gasteiger partial charge on any atom is -0.550 e. The lowest BCUT2D eigenvalue weighted by molar-refractivity contribution is -0.386. The monoisotopic (exact) mass is 291 g/mol. The molecule has 0 aliphatic rings. The van der Waals surface area contributed by atoms with E-state index in [1.165, 1.54) is 0 Å². The topological polar surface area (TPSA) is 88.0 Å². The SMILES string of the molecule is O=C([O-])Cc1ccc(S)cc1.[NH3+]Cc1ccc(O)cc1. The maximum atomic E-state index is 10.1. The third-order valence-corrected chi connectivity index (χ3v) is 2.81. The maximum Gasteiger partial charge on any atom is 0.115 e. The summed E-state index contributed by atoms with van der Waals surface area (Å²) in [5, 5.41) is 19.0. The molecule has 0 saturated heterocycles. The maximum absolute atomic E-state index is 10.1. The molecule has 0 aliphatic heterocycles. The zero-order valence-corrected chi connectivity index (χ0v) is 11.8. The minimum atomic E-state index is -1.06. The van der Waals surface area contributed by atoms with Gasteiger partial charge in [-0.1, -0.05) is 12.1 Å². The van der Waals surface area contributed by atoms with Crippen molar-refractivity contribution in [3.8, 4) is 5.75 Å². The molecule has 0 heterocycles. The molecule has 0 aliphatic carbocycles. The fourth-order valence-corrected chi connectivity index (χ4v) is 1.59. The lowest BCUT2D eigenvalue weighted by Gasteiger charge is -2.01. The third kappa shape index (κ3) is 6.26. The molecule has 5 heteroatoms. The van der Waals surface area contributed by atoms with Crippen LogP contribution in [-0.4, -0.2) is 11.1 Å². The molecule has 0 unspecified atom stereocenters. The first kappa shape index (κ1) is 16.1. The van der Waals surface area contributed by atoms with Crippen molar-refractivity contribution in [1.82, 2.24) is 0 Å². The van der Waals surface area contributed by atoms with Crippen LogP contribution < -0.4 is 10.8 Å². The predicted molar refractivity (Wildman–Crippen MR) is 77.1 cm³/mol. The van der Waals surface area contributed by atoms with E-state index < -0.39 is 5.97 Å². The van der Waals surface area contributed by atoms with Crippen LogP contribution in [-0.2, 0) is 17.8 Å². The van der Waals surface area contributed by atoms with Crippen LogP contribution in [0.4, 0.5) is 0 Å². The molecule has 0 fully saturated rings. The summed E-state index contributed by atoms with van der Waals surface area (Å²) in [5.74, 6) is -0.746. The summed E-state index contributed by atoms with van der Waals surface area (Å²) in [4.78, 5) is 10.9. The standard InChI is InChI=1S/C8H8O2S.C7H9NO/c9-8(10)5-6-1-3-7(11)4-2-6;8-5-6-1-3-7(9)4-2-6/h1-4,11H,5H2,(H,9,10);1-4,9H,5,8H2. The number of phenolic OH excluding ortho intramolecular Hbond substituents is 1. The van der Waals surface area contributed by atoms with Crippen molar-refractivity contribution in [2.75, 3.05) is 0 Å². The highest BCUT2D eigenvalue weighted by molar-refractivity contribution is 7.80. The molecular weight excluding hydrogens is 274 g/mol. The van der Waals surface area contributed by atoms with Gasteiger partial charge in [-0.15, -0.1) is 12.6 Å². The number of aromatic hydroxyl groups is 1. The predicted octanol–water partition coefficient (Wildman–Crippen LogP) is 0.402. The number of carboxylic acid groups (broad SMARTS) is 1. The summed E-state index contributed by atoms with van der Waals surface area (Å²) in [6, 6.07) is 14.0. The van der Waals surface area contributed by atoms with E-state index in [4.69, 9.17) is 5.11 Å². The Morgan fingerprint density at radius 3 is 2.00 bits per heavy atom. The first-order valence-corrected chi connectivity index (χ1v) is 6.51. The second kappa shape index (κ2) is 8.24. The van der Waals surface area contributed by atoms with E-state index in [9.17, 15) is 9.90 Å². The van der Waals surface area contributed by atoms with Crippen molar-refractivity contribution in [3.63, 3.8) is 0 Å². The highest BCUT2D eigenvalue weighted by Gasteiger charge is 1.91. The molecule has 0 bridgehead atoms. The number of quaternary nitrogens is 1. The molecule has 0 atom stereocenters. The van der Waals surface area contributed by atoms with Gasteiger partial charge < -0.3 is 20.7 Å². The van der Waals surface area contributed by atoms with Crippen molar-refractivity contribution < 1.29 is 20.7 Å². The van der Waals surface area contributed by atoms with Gasteiger partial charge >= 0.3 is 0 Å². The first-order chi connectivity index (χ1) is 9.51. The zero-order valence-electron chi connectivity index (χ0n) is 11.0. The van der Waals surface area contributed by atoms with E-state index in [1.807, 2.05) is 12.1 Å². The Kier molecular flexibility index (Phi) is 6.63. The van der Waals surface area contributed by atoms with Gasteiger partial charge in [-0.05, 0) is 42.0 Å². The van der Waals surface area contributed by atoms with Gasteiger partial charge in [0.05, 0.1) is 6.54 Å². The lowest BCUT2D eigenvalue weighted by atomic mass is 10.2. The molecule has 0 radical (unpaired) electrons. The Bertz CT molecular complexity index is 538. The number of hydrogen-bond acceptors (Lipinski definition) is 4. The van der Waals surface area contributed by atoms with Crippen LogP contribution >= 0.6 is 12.6 Å². The summed E-state index contributed by atoms with van der Waals surface area (Å²) in [7, 11) is 0. The first-order valence-electron chi connectivity index (χ1n) is 6.06. The fraction of sp³-hybridized carbons (Fsp3) is 0.133. The highest BCUT2D eigenvalue weighted by atomic mass is 32.1. The Balaban J connectivity index is 0.000000204. The molecule has 2 aromatic carbocycles. The second-order valence-corrected chi connectivity index (χ2v) is 4.65. The van der Waals surface area contributed by atoms with Crippen molar-refractivity contribution in [1.29, 1.82) is 0 Å². The molecule has 0 saturated carbocycles. The van der Waals surface area contributed by atoms with E-state index in [-0.39, 0.29) is 6.42 Å². The van der Waals surface area contributed by atoms with Gasteiger partial charge in [-0.2, -0.15) is 0 Å². The van der Waals surface area contributed by atoms with Crippen LogP contribution in [0.25, 0.3) is 0 Å². The average molecular weight is 291 g/mol. The van der Waals surface area contributed by atoms with Gasteiger partial charge in [-0.25, -0.2) is 0 Å². The Labute approximate surface area is 123 Å². The summed E-state index contributed by atoms with van der Waals surface area (Å²) in [5.41, 5.74) is 5.59. The highest BCUT2D eigenvalue weighted by Crippen LogP contribution is 2.08. The summed E-state index contributed by atoms with van der Waals surface area (Å²) >= 11 is 4.06.